The van der Waals surface area contributed by atoms with Gasteiger partial charge in [0.25, 0.3) is 20.2 Å². The highest BCUT2D eigenvalue weighted by atomic mass is 35.5. The van der Waals surface area contributed by atoms with Gasteiger partial charge in [-0.25, -0.2) is 13.6 Å². The lowest BCUT2D eigenvalue weighted by Crippen LogP contribution is -2.21. The third-order valence-corrected chi connectivity index (χ3v) is 5.09. The summed E-state index contributed by atoms with van der Waals surface area (Å²) < 4.78 is 51.3. The molecule has 2 aromatic carbocycles. The molecule has 0 aliphatic heterocycles. The maximum atomic E-state index is 12.4. The van der Waals surface area contributed by atoms with Crippen molar-refractivity contribution in [3.63, 3.8) is 0 Å². The molecular weight excluding hydrogens is 362 g/mol. The SMILES string of the molecule is Cc1ccc(Cl)cc1S(=O)(=O)Nc1cccc(NS(N)(=O)=O)c1. The summed E-state index contributed by atoms with van der Waals surface area (Å²) in [5.41, 5.74) is 0.842. The molecule has 2 rings (SSSR count). The molecule has 124 valence electrons. The van der Waals surface area contributed by atoms with E-state index in [1.807, 2.05) is 0 Å². The Morgan fingerprint density at radius 2 is 1.57 bits per heavy atom. The fraction of sp³-hybridized carbons (Fsp3) is 0.0769. The topological polar surface area (TPSA) is 118 Å². The van der Waals surface area contributed by atoms with Crippen LogP contribution in [0.4, 0.5) is 11.4 Å². The van der Waals surface area contributed by atoms with Crippen molar-refractivity contribution in [3.8, 4) is 0 Å². The summed E-state index contributed by atoms with van der Waals surface area (Å²) in [5, 5.41) is 5.17. The number of benzene rings is 2. The second-order valence-electron chi connectivity index (χ2n) is 4.74. The zero-order valence-electron chi connectivity index (χ0n) is 11.9. The molecule has 0 saturated heterocycles. The average molecular weight is 376 g/mol. The van der Waals surface area contributed by atoms with Crippen LogP contribution in [0.2, 0.25) is 5.02 Å². The van der Waals surface area contributed by atoms with Crippen LogP contribution in [0.1, 0.15) is 5.56 Å². The second-order valence-corrected chi connectivity index (χ2v) is 8.12. The fourth-order valence-electron chi connectivity index (χ4n) is 1.88. The van der Waals surface area contributed by atoms with E-state index in [1.54, 1.807) is 19.1 Å². The Bertz CT molecular complexity index is 943. The van der Waals surface area contributed by atoms with Crippen LogP contribution in [-0.4, -0.2) is 16.8 Å². The van der Waals surface area contributed by atoms with E-state index in [9.17, 15) is 16.8 Å². The highest BCUT2D eigenvalue weighted by Crippen LogP contribution is 2.24. The Hall–Kier alpha value is -1.81. The normalized spacial score (nSPS) is 12.0. The molecule has 0 aliphatic carbocycles. The van der Waals surface area contributed by atoms with Gasteiger partial charge in [0.05, 0.1) is 16.3 Å². The summed E-state index contributed by atoms with van der Waals surface area (Å²) in [6.45, 7) is 1.64. The molecule has 0 unspecified atom stereocenters. The molecule has 0 heterocycles. The van der Waals surface area contributed by atoms with Crippen molar-refractivity contribution in [3.05, 3.63) is 53.1 Å². The van der Waals surface area contributed by atoms with Crippen LogP contribution in [0.15, 0.2) is 47.4 Å². The van der Waals surface area contributed by atoms with E-state index in [1.165, 1.54) is 30.3 Å². The molecule has 0 bridgehead atoms. The van der Waals surface area contributed by atoms with E-state index < -0.39 is 20.2 Å². The van der Waals surface area contributed by atoms with Crippen molar-refractivity contribution in [2.24, 2.45) is 5.14 Å². The molecule has 0 radical (unpaired) electrons. The zero-order valence-corrected chi connectivity index (χ0v) is 14.3. The first-order valence-electron chi connectivity index (χ1n) is 6.26. The molecule has 0 saturated carbocycles. The van der Waals surface area contributed by atoms with E-state index in [4.69, 9.17) is 16.7 Å². The standard InChI is InChI=1S/C13H14ClN3O4S2/c1-9-5-6-10(14)7-13(9)22(18,19)16-11-3-2-4-12(8-11)17-23(15,20)21/h2-8,16-17H,1H3,(H2,15,20,21). The van der Waals surface area contributed by atoms with Gasteiger partial charge in [-0.1, -0.05) is 23.7 Å². The highest BCUT2D eigenvalue weighted by Gasteiger charge is 2.17. The molecule has 10 heteroatoms. The van der Waals surface area contributed by atoms with Crippen molar-refractivity contribution >= 4 is 43.2 Å². The highest BCUT2D eigenvalue weighted by molar-refractivity contribution is 7.92. The minimum atomic E-state index is -3.95. The number of hydrogen-bond acceptors (Lipinski definition) is 4. The quantitative estimate of drug-likeness (QED) is 0.741. The maximum Gasteiger partial charge on any atom is 0.296 e. The zero-order chi connectivity index (χ0) is 17.3. The molecule has 0 aromatic heterocycles. The van der Waals surface area contributed by atoms with Crippen LogP contribution in [-0.2, 0) is 20.2 Å². The van der Waals surface area contributed by atoms with Crippen LogP contribution < -0.4 is 14.6 Å². The number of nitrogens with two attached hydrogens (primary N) is 1. The third kappa shape index (κ3) is 4.83. The first-order valence-corrected chi connectivity index (χ1v) is 9.67. The largest absolute Gasteiger partial charge is 0.296 e. The minimum absolute atomic E-state index is 0.0369. The minimum Gasteiger partial charge on any atom is -0.280 e. The number of halogens is 1. The lowest BCUT2D eigenvalue weighted by atomic mass is 10.2. The van der Waals surface area contributed by atoms with Crippen molar-refractivity contribution < 1.29 is 16.8 Å². The third-order valence-electron chi connectivity index (χ3n) is 2.81. The molecular formula is C13H14ClN3O4S2. The van der Waals surface area contributed by atoms with Crippen LogP contribution in [0.25, 0.3) is 0 Å². The molecule has 0 spiro atoms. The fourth-order valence-corrected chi connectivity index (χ4v) is 3.90. The summed E-state index contributed by atoms with van der Waals surface area (Å²) in [5.74, 6) is 0. The summed E-state index contributed by atoms with van der Waals surface area (Å²) in [7, 11) is -7.82. The number of rotatable bonds is 5. The Kier molecular flexibility index (Phi) is 4.85. The Morgan fingerprint density at radius 1 is 0.957 bits per heavy atom. The van der Waals surface area contributed by atoms with Gasteiger partial charge in [0.15, 0.2) is 0 Å². The Labute approximate surface area is 139 Å². The number of nitrogens with one attached hydrogen (secondary N) is 2. The summed E-state index contributed by atoms with van der Waals surface area (Å²) in [4.78, 5) is 0.0369. The van der Waals surface area contributed by atoms with Crippen molar-refractivity contribution in [1.82, 2.24) is 0 Å². The molecule has 0 atom stereocenters. The van der Waals surface area contributed by atoms with E-state index in [2.05, 4.69) is 9.44 Å². The van der Waals surface area contributed by atoms with Crippen molar-refractivity contribution in [1.29, 1.82) is 0 Å². The summed E-state index contributed by atoms with van der Waals surface area (Å²) in [6, 6.07) is 10.2. The lowest BCUT2D eigenvalue weighted by molar-refractivity contribution is 0.600. The van der Waals surface area contributed by atoms with Crippen LogP contribution in [0.3, 0.4) is 0 Å². The Morgan fingerprint density at radius 3 is 2.17 bits per heavy atom. The predicted octanol–water partition coefficient (Wildman–Crippen LogP) is 2.06. The monoisotopic (exact) mass is 375 g/mol. The van der Waals surface area contributed by atoms with E-state index in [0.717, 1.165) is 0 Å². The summed E-state index contributed by atoms with van der Waals surface area (Å²) >= 11 is 5.84. The van der Waals surface area contributed by atoms with Gasteiger partial charge in [-0.05, 0) is 42.8 Å². The number of aryl methyl sites for hydroxylation is 1. The van der Waals surface area contributed by atoms with Gasteiger partial charge >= 0.3 is 0 Å². The second kappa shape index (κ2) is 6.36. The van der Waals surface area contributed by atoms with E-state index in [-0.39, 0.29) is 16.3 Å². The predicted molar refractivity (Wildman–Crippen MR) is 90.2 cm³/mol. The van der Waals surface area contributed by atoms with Gasteiger partial charge < -0.3 is 0 Å². The molecule has 23 heavy (non-hydrogen) atoms. The number of hydrogen-bond donors (Lipinski definition) is 3. The van der Waals surface area contributed by atoms with Crippen LogP contribution in [0.5, 0.6) is 0 Å². The Balaban J connectivity index is 2.34. The van der Waals surface area contributed by atoms with E-state index >= 15 is 0 Å². The molecule has 2 aromatic rings. The van der Waals surface area contributed by atoms with Gasteiger partial charge in [-0.3, -0.25) is 9.44 Å². The number of sulfonamides is 1. The lowest BCUT2D eigenvalue weighted by Gasteiger charge is -2.12. The van der Waals surface area contributed by atoms with Crippen LogP contribution in [0, 0.1) is 6.92 Å². The van der Waals surface area contributed by atoms with Crippen LogP contribution >= 0.6 is 11.6 Å². The first-order chi connectivity index (χ1) is 10.6. The average Bonchev–Trinajstić information content (AvgIpc) is 2.39. The summed E-state index contributed by atoms with van der Waals surface area (Å²) in [6.07, 6.45) is 0. The van der Waals surface area contributed by atoms with Gasteiger partial charge in [0, 0.05) is 5.02 Å². The molecule has 0 fully saturated rings. The molecule has 7 nitrogen and oxygen atoms in total. The molecule has 4 N–H and O–H groups in total. The van der Waals surface area contributed by atoms with Crippen molar-refractivity contribution in [2.75, 3.05) is 9.44 Å². The van der Waals surface area contributed by atoms with E-state index in [0.29, 0.717) is 10.6 Å². The molecule has 0 amide bonds. The molecule has 0 aliphatic rings. The smallest absolute Gasteiger partial charge is 0.280 e. The van der Waals surface area contributed by atoms with Gasteiger partial charge in [-0.15, -0.1) is 0 Å². The maximum absolute atomic E-state index is 12.4. The first kappa shape index (κ1) is 17.5. The number of anilines is 2. The van der Waals surface area contributed by atoms with Gasteiger partial charge in [0.1, 0.15) is 0 Å². The van der Waals surface area contributed by atoms with Gasteiger partial charge in [0.2, 0.25) is 0 Å². The van der Waals surface area contributed by atoms with Crippen molar-refractivity contribution in [2.45, 2.75) is 11.8 Å². The van der Waals surface area contributed by atoms with Gasteiger partial charge in [-0.2, -0.15) is 8.42 Å².